The highest BCUT2D eigenvalue weighted by molar-refractivity contribution is 5.28. The Hall–Kier alpha value is -1.04. The van der Waals surface area contributed by atoms with Crippen molar-refractivity contribution in [2.75, 3.05) is 0 Å². The first-order chi connectivity index (χ1) is 14.3. The van der Waals surface area contributed by atoms with Gasteiger partial charge in [-0.15, -0.1) is 0 Å². The van der Waals surface area contributed by atoms with Crippen molar-refractivity contribution in [3.8, 4) is 0 Å². The molecular weight excluding hydrogens is 360 g/mol. The number of benzene rings is 1. The summed E-state index contributed by atoms with van der Waals surface area (Å²) in [6.07, 6.45) is 17.0. The molecule has 3 rings (SSSR count). The van der Waals surface area contributed by atoms with E-state index in [1.54, 1.807) is 5.57 Å². The van der Waals surface area contributed by atoms with Crippen molar-refractivity contribution in [2.45, 2.75) is 111 Å². The number of rotatable bonds is 7. The third kappa shape index (κ3) is 6.24. The highest BCUT2D eigenvalue weighted by Gasteiger charge is 2.34. The zero-order valence-electron chi connectivity index (χ0n) is 20.8. The van der Waals surface area contributed by atoms with E-state index in [-0.39, 0.29) is 5.41 Å². The lowest BCUT2D eigenvalue weighted by Gasteiger charge is -2.40. The van der Waals surface area contributed by atoms with Crippen LogP contribution in [0.1, 0.15) is 110 Å². The number of hydrogen-bond acceptors (Lipinski definition) is 0. The van der Waals surface area contributed by atoms with Crippen LogP contribution in [0.4, 0.5) is 0 Å². The molecule has 0 heterocycles. The monoisotopic (exact) mass is 408 g/mol. The van der Waals surface area contributed by atoms with Crippen LogP contribution in [0.25, 0.3) is 0 Å². The molecule has 0 bridgehead atoms. The quantitative estimate of drug-likeness (QED) is 0.394. The smallest absolute Gasteiger partial charge is 0.00979 e. The summed E-state index contributed by atoms with van der Waals surface area (Å²) in [7, 11) is 0. The maximum absolute atomic E-state index is 2.67. The first kappa shape index (κ1) is 23.6. The zero-order chi connectivity index (χ0) is 21.7. The molecule has 0 saturated heterocycles. The summed E-state index contributed by atoms with van der Waals surface area (Å²) in [5.74, 6) is 4.66. The predicted molar refractivity (Wildman–Crippen MR) is 133 cm³/mol. The van der Waals surface area contributed by atoms with Crippen molar-refractivity contribution in [3.05, 3.63) is 47.0 Å². The van der Waals surface area contributed by atoms with Gasteiger partial charge in [0.25, 0.3) is 0 Å². The van der Waals surface area contributed by atoms with Crippen molar-refractivity contribution in [1.82, 2.24) is 0 Å². The van der Waals surface area contributed by atoms with Gasteiger partial charge in [-0.1, -0.05) is 82.0 Å². The summed E-state index contributed by atoms with van der Waals surface area (Å²) in [5, 5.41) is 0. The fourth-order valence-corrected chi connectivity index (χ4v) is 6.36. The molecule has 1 unspecified atom stereocenters. The van der Waals surface area contributed by atoms with Crippen LogP contribution >= 0.6 is 0 Å². The molecule has 0 N–H and O–H groups in total. The Balaban J connectivity index is 1.66. The fraction of sp³-hybridized carbons (Fsp3) is 0.733. The van der Waals surface area contributed by atoms with E-state index < -0.39 is 0 Å². The zero-order valence-corrected chi connectivity index (χ0v) is 20.8. The molecule has 1 aromatic rings. The van der Waals surface area contributed by atoms with E-state index in [1.807, 2.05) is 0 Å². The fourth-order valence-electron chi connectivity index (χ4n) is 6.36. The third-order valence-electron chi connectivity index (χ3n) is 8.78. The standard InChI is InChI=1S/C30H48/c1-7-22(2)20-28(21-30(5,6)29-18-10-24(4)11-19-29)27-16-14-26(15-17-27)25-12-8-23(3)9-13-25/h10-11,18-20,23,25-28H,7-9,12-17,21H2,1-6H3/b22-20-. The van der Waals surface area contributed by atoms with Crippen LogP contribution in [-0.4, -0.2) is 0 Å². The lowest BCUT2D eigenvalue weighted by molar-refractivity contribution is 0.130. The largest absolute Gasteiger partial charge is 0.0822 e. The molecule has 0 nitrogen and oxygen atoms in total. The predicted octanol–water partition coefficient (Wildman–Crippen LogP) is 9.27. The van der Waals surface area contributed by atoms with Gasteiger partial charge < -0.3 is 0 Å². The first-order valence-electron chi connectivity index (χ1n) is 13.0. The molecule has 0 aliphatic heterocycles. The summed E-state index contributed by atoms with van der Waals surface area (Å²) >= 11 is 0. The van der Waals surface area contributed by atoms with Crippen LogP contribution in [0.2, 0.25) is 0 Å². The van der Waals surface area contributed by atoms with Crippen molar-refractivity contribution < 1.29 is 0 Å². The second-order valence-electron chi connectivity index (χ2n) is 11.7. The van der Waals surface area contributed by atoms with Crippen LogP contribution in [0.3, 0.4) is 0 Å². The number of aryl methyl sites for hydroxylation is 1. The van der Waals surface area contributed by atoms with Crippen LogP contribution < -0.4 is 0 Å². The van der Waals surface area contributed by atoms with Gasteiger partial charge in [-0.05, 0) is 106 Å². The van der Waals surface area contributed by atoms with Gasteiger partial charge >= 0.3 is 0 Å². The van der Waals surface area contributed by atoms with Crippen molar-refractivity contribution in [3.63, 3.8) is 0 Å². The summed E-state index contributed by atoms with van der Waals surface area (Å²) in [4.78, 5) is 0. The molecule has 0 amide bonds. The molecule has 2 fully saturated rings. The maximum atomic E-state index is 2.67. The van der Waals surface area contributed by atoms with Crippen LogP contribution in [-0.2, 0) is 5.41 Å². The second-order valence-corrected chi connectivity index (χ2v) is 11.7. The summed E-state index contributed by atoms with van der Waals surface area (Å²) in [6, 6.07) is 9.30. The molecule has 0 radical (unpaired) electrons. The van der Waals surface area contributed by atoms with Crippen molar-refractivity contribution >= 4 is 0 Å². The lowest BCUT2D eigenvalue weighted by Crippen LogP contribution is -2.30. The molecule has 2 saturated carbocycles. The van der Waals surface area contributed by atoms with Gasteiger partial charge in [-0.25, -0.2) is 0 Å². The lowest BCUT2D eigenvalue weighted by atomic mass is 9.65. The SMILES string of the molecule is CC/C(C)=C\C(CC(C)(C)c1ccc(C)cc1)C1CCC(C2CCC(C)CC2)CC1. The van der Waals surface area contributed by atoms with Crippen molar-refractivity contribution in [1.29, 1.82) is 0 Å². The minimum absolute atomic E-state index is 0.235. The minimum Gasteiger partial charge on any atom is -0.0822 e. The molecule has 2 aliphatic carbocycles. The Kier molecular flexibility index (Phi) is 8.28. The second kappa shape index (κ2) is 10.5. The molecule has 0 heteroatoms. The average molecular weight is 409 g/mol. The molecule has 1 atom stereocenters. The summed E-state index contributed by atoms with van der Waals surface area (Å²) < 4.78 is 0. The summed E-state index contributed by atoms with van der Waals surface area (Å²) in [6.45, 7) is 14.2. The minimum atomic E-state index is 0.235. The van der Waals surface area contributed by atoms with E-state index in [9.17, 15) is 0 Å². The van der Waals surface area contributed by atoms with Gasteiger partial charge in [0.1, 0.15) is 0 Å². The van der Waals surface area contributed by atoms with Gasteiger partial charge in [0.15, 0.2) is 0 Å². The first-order valence-corrected chi connectivity index (χ1v) is 13.0. The topological polar surface area (TPSA) is 0 Å². The Bertz CT molecular complexity index is 660. The Morgan fingerprint density at radius 3 is 2.00 bits per heavy atom. The van der Waals surface area contributed by atoms with Gasteiger partial charge in [-0.2, -0.15) is 0 Å². The molecule has 30 heavy (non-hydrogen) atoms. The highest BCUT2D eigenvalue weighted by atomic mass is 14.4. The summed E-state index contributed by atoms with van der Waals surface area (Å²) in [5.41, 5.74) is 4.69. The van der Waals surface area contributed by atoms with Gasteiger partial charge in [0, 0.05) is 0 Å². The molecule has 0 spiro atoms. The number of allylic oxidation sites excluding steroid dienone is 2. The van der Waals surface area contributed by atoms with E-state index >= 15 is 0 Å². The van der Waals surface area contributed by atoms with Crippen LogP contribution in [0.15, 0.2) is 35.9 Å². The Morgan fingerprint density at radius 2 is 1.47 bits per heavy atom. The average Bonchev–Trinajstić information content (AvgIpc) is 2.74. The van der Waals surface area contributed by atoms with Crippen LogP contribution in [0.5, 0.6) is 0 Å². The van der Waals surface area contributed by atoms with E-state index in [2.05, 4.69) is 71.9 Å². The molecule has 168 valence electrons. The molecule has 1 aromatic carbocycles. The van der Waals surface area contributed by atoms with Crippen molar-refractivity contribution in [2.24, 2.45) is 29.6 Å². The van der Waals surface area contributed by atoms with E-state index in [0.29, 0.717) is 0 Å². The highest BCUT2D eigenvalue weighted by Crippen LogP contribution is 2.45. The Labute approximate surface area is 187 Å². The maximum Gasteiger partial charge on any atom is -0.00979 e. The van der Waals surface area contributed by atoms with Crippen LogP contribution in [0, 0.1) is 36.5 Å². The Morgan fingerprint density at radius 1 is 0.933 bits per heavy atom. The molecule has 0 aromatic heterocycles. The molecular formula is C30H48. The van der Waals surface area contributed by atoms with E-state index in [4.69, 9.17) is 0 Å². The molecule has 2 aliphatic rings. The number of hydrogen-bond donors (Lipinski definition) is 0. The third-order valence-corrected chi connectivity index (χ3v) is 8.78. The van der Waals surface area contributed by atoms with Gasteiger partial charge in [0.2, 0.25) is 0 Å². The normalized spacial score (nSPS) is 29.6. The van der Waals surface area contributed by atoms with Gasteiger partial charge in [0.05, 0.1) is 0 Å². The van der Waals surface area contributed by atoms with E-state index in [0.717, 1.165) is 29.6 Å². The van der Waals surface area contributed by atoms with E-state index in [1.165, 1.54) is 75.3 Å². The van der Waals surface area contributed by atoms with Gasteiger partial charge in [-0.3, -0.25) is 0 Å².